The van der Waals surface area contributed by atoms with E-state index in [1.54, 1.807) is 6.07 Å². The van der Waals surface area contributed by atoms with Gasteiger partial charge in [0.1, 0.15) is 0 Å². The molecule has 0 spiro atoms. The van der Waals surface area contributed by atoms with E-state index in [2.05, 4.69) is 16.8 Å². The molecule has 0 radical (unpaired) electrons. The van der Waals surface area contributed by atoms with Crippen LogP contribution in [-0.4, -0.2) is 51.9 Å². The molecule has 1 aromatic rings. The molecule has 18 heavy (non-hydrogen) atoms. The van der Waals surface area contributed by atoms with Gasteiger partial charge in [0.15, 0.2) is 0 Å². The van der Waals surface area contributed by atoms with Crippen molar-refractivity contribution in [3.05, 3.63) is 29.8 Å². The fourth-order valence-corrected chi connectivity index (χ4v) is 2.03. The zero-order valence-corrected chi connectivity index (χ0v) is 9.88. The molecule has 96 valence electrons. The average molecular weight is 250 g/mol. The fraction of sp³-hybridized carbons (Fsp3) is 0.462. The van der Waals surface area contributed by atoms with Crippen LogP contribution in [0.2, 0.25) is 0 Å². The first kappa shape index (κ1) is 13.0. The van der Waals surface area contributed by atoms with Crippen molar-refractivity contribution in [2.24, 2.45) is 0 Å². The van der Waals surface area contributed by atoms with Gasteiger partial charge < -0.3 is 10.2 Å². The molecule has 0 saturated carbocycles. The van der Waals surface area contributed by atoms with Gasteiger partial charge in [-0.25, -0.2) is 4.98 Å². The van der Waals surface area contributed by atoms with E-state index in [1.807, 2.05) is 4.90 Å². The normalized spacial score (nSPS) is 23.7. The van der Waals surface area contributed by atoms with Gasteiger partial charge in [-0.05, 0) is 18.6 Å². The van der Waals surface area contributed by atoms with Crippen molar-refractivity contribution in [1.29, 1.82) is 0 Å². The Morgan fingerprint density at radius 1 is 1.50 bits per heavy atom. The quantitative estimate of drug-likeness (QED) is 0.573. The summed E-state index contributed by atoms with van der Waals surface area (Å²) in [6.07, 6.45) is 1.56. The molecule has 1 aromatic heterocycles. The molecule has 1 saturated heterocycles. The minimum absolute atomic E-state index is 0.0685. The Labute approximate surface area is 105 Å². The molecule has 1 fully saturated rings. The molecule has 1 aliphatic rings. The van der Waals surface area contributed by atoms with Crippen molar-refractivity contribution in [3.8, 4) is 11.8 Å². The Bertz CT molecular complexity index is 452. The SMILES string of the molecule is OCC1C(O)CCN1CC#Cc1ccc(F)nc1. The summed E-state index contributed by atoms with van der Waals surface area (Å²) in [4.78, 5) is 5.45. The van der Waals surface area contributed by atoms with Crippen LogP contribution in [-0.2, 0) is 0 Å². The Balaban J connectivity index is 1.94. The van der Waals surface area contributed by atoms with Crippen molar-refractivity contribution in [2.75, 3.05) is 19.7 Å². The number of aromatic nitrogens is 1. The van der Waals surface area contributed by atoms with Crippen LogP contribution in [0.15, 0.2) is 18.3 Å². The summed E-state index contributed by atoms with van der Waals surface area (Å²) in [5.41, 5.74) is 0.650. The van der Waals surface area contributed by atoms with Gasteiger partial charge in [0.05, 0.1) is 25.3 Å². The first-order valence-corrected chi connectivity index (χ1v) is 5.84. The zero-order valence-electron chi connectivity index (χ0n) is 9.88. The topological polar surface area (TPSA) is 56.6 Å². The summed E-state index contributed by atoms with van der Waals surface area (Å²) >= 11 is 0. The molecular formula is C13H15FN2O2. The number of rotatable bonds is 2. The minimum atomic E-state index is -0.524. The lowest BCUT2D eigenvalue weighted by Gasteiger charge is -2.21. The van der Waals surface area contributed by atoms with Crippen LogP contribution >= 0.6 is 0 Å². The van der Waals surface area contributed by atoms with E-state index >= 15 is 0 Å². The van der Waals surface area contributed by atoms with E-state index in [-0.39, 0.29) is 12.6 Å². The molecule has 2 unspecified atom stereocenters. The van der Waals surface area contributed by atoms with Gasteiger partial charge in [0.25, 0.3) is 0 Å². The molecule has 0 aromatic carbocycles. The van der Waals surface area contributed by atoms with Gasteiger partial charge in [0, 0.05) is 18.3 Å². The maximum atomic E-state index is 12.6. The van der Waals surface area contributed by atoms with E-state index in [9.17, 15) is 9.50 Å². The van der Waals surface area contributed by atoms with Gasteiger partial charge in [-0.1, -0.05) is 11.8 Å². The minimum Gasteiger partial charge on any atom is -0.395 e. The van der Waals surface area contributed by atoms with Crippen LogP contribution in [0.5, 0.6) is 0 Å². The molecule has 0 bridgehead atoms. The third kappa shape index (κ3) is 3.05. The summed E-state index contributed by atoms with van der Waals surface area (Å²) in [6.45, 7) is 1.13. The number of nitrogens with zero attached hydrogens (tertiary/aromatic N) is 2. The van der Waals surface area contributed by atoms with Crippen LogP contribution in [0.25, 0.3) is 0 Å². The Kier molecular flexibility index (Phi) is 4.26. The lowest BCUT2D eigenvalue weighted by molar-refractivity contribution is 0.0772. The molecule has 0 aliphatic carbocycles. The van der Waals surface area contributed by atoms with Crippen molar-refractivity contribution in [2.45, 2.75) is 18.6 Å². The second-order valence-corrected chi connectivity index (χ2v) is 4.25. The molecule has 1 aliphatic heterocycles. The van der Waals surface area contributed by atoms with E-state index in [1.165, 1.54) is 12.3 Å². The summed E-state index contributed by atoms with van der Waals surface area (Å²) in [7, 11) is 0. The largest absolute Gasteiger partial charge is 0.395 e. The first-order valence-electron chi connectivity index (χ1n) is 5.84. The highest BCUT2D eigenvalue weighted by Crippen LogP contribution is 2.16. The second kappa shape index (κ2) is 5.91. The monoisotopic (exact) mass is 250 g/mol. The van der Waals surface area contributed by atoms with Gasteiger partial charge in [0.2, 0.25) is 5.95 Å². The number of aliphatic hydroxyl groups is 2. The molecular weight excluding hydrogens is 235 g/mol. The van der Waals surface area contributed by atoms with Crippen LogP contribution in [0.3, 0.4) is 0 Å². The highest BCUT2D eigenvalue weighted by atomic mass is 19.1. The summed E-state index contributed by atoms with van der Waals surface area (Å²) in [5.74, 6) is 5.29. The number of likely N-dealkylation sites (tertiary alicyclic amines) is 1. The summed E-state index contributed by atoms with van der Waals surface area (Å²) < 4.78 is 12.6. The smallest absolute Gasteiger partial charge is 0.212 e. The van der Waals surface area contributed by atoms with Gasteiger partial charge >= 0.3 is 0 Å². The summed E-state index contributed by atoms with van der Waals surface area (Å²) in [5, 5.41) is 18.8. The summed E-state index contributed by atoms with van der Waals surface area (Å²) in [6, 6.07) is 2.60. The maximum Gasteiger partial charge on any atom is 0.212 e. The standard InChI is InChI=1S/C13H15FN2O2/c14-13-4-3-10(8-15-13)2-1-6-16-7-5-12(18)11(16)9-17/h3-4,8,11-12,17-18H,5-7,9H2. The number of hydrogen-bond donors (Lipinski definition) is 2. The number of aliphatic hydroxyl groups excluding tert-OH is 2. The van der Waals surface area contributed by atoms with Crippen LogP contribution < -0.4 is 0 Å². The Hall–Kier alpha value is -1.48. The van der Waals surface area contributed by atoms with Gasteiger partial charge in [-0.15, -0.1) is 0 Å². The van der Waals surface area contributed by atoms with Gasteiger partial charge in [-0.3, -0.25) is 4.90 Å². The molecule has 2 heterocycles. The Morgan fingerprint density at radius 3 is 3.00 bits per heavy atom. The number of pyridine rings is 1. The predicted molar refractivity (Wildman–Crippen MR) is 64.1 cm³/mol. The van der Waals surface area contributed by atoms with E-state index in [0.29, 0.717) is 18.5 Å². The van der Waals surface area contributed by atoms with Crippen molar-refractivity contribution in [3.63, 3.8) is 0 Å². The highest BCUT2D eigenvalue weighted by Gasteiger charge is 2.31. The lowest BCUT2D eigenvalue weighted by Crippen LogP contribution is -2.38. The van der Waals surface area contributed by atoms with E-state index in [0.717, 1.165) is 6.54 Å². The number of halogens is 1. The van der Waals surface area contributed by atoms with E-state index < -0.39 is 12.1 Å². The highest BCUT2D eigenvalue weighted by molar-refractivity contribution is 5.31. The second-order valence-electron chi connectivity index (χ2n) is 4.25. The molecule has 0 amide bonds. The lowest BCUT2D eigenvalue weighted by atomic mass is 10.2. The predicted octanol–water partition coefficient (Wildman–Crippen LogP) is -0.000300. The fourth-order valence-electron chi connectivity index (χ4n) is 2.03. The average Bonchev–Trinajstić information content (AvgIpc) is 2.72. The van der Waals surface area contributed by atoms with Gasteiger partial charge in [-0.2, -0.15) is 4.39 Å². The van der Waals surface area contributed by atoms with E-state index in [4.69, 9.17) is 5.11 Å². The van der Waals surface area contributed by atoms with Crippen molar-refractivity contribution < 1.29 is 14.6 Å². The molecule has 5 heteroatoms. The molecule has 2 N–H and O–H groups in total. The molecule has 2 rings (SSSR count). The third-order valence-electron chi connectivity index (χ3n) is 3.05. The zero-order chi connectivity index (χ0) is 13.0. The molecule has 2 atom stereocenters. The van der Waals surface area contributed by atoms with Crippen LogP contribution in [0.4, 0.5) is 4.39 Å². The maximum absolute atomic E-state index is 12.6. The van der Waals surface area contributed by atoms with Crippen molar-refractivity contribution >= 4 is 0 Å². The first-order chi connectivity index (χ1) is 8.70. The van der Waals surface area contributed by atoms with Crippen molar-refractivity contribution in [1.82, 2.24) is 9.88 Å². The van der Waals surface area contributed by atoms with Crippen LogP contribution in [0.1, 0.15) is 12.0 Å². The Morgan fingerprint density at radius 2 is 2.33 bits per heavy atom. The third-order valence-corrected chi connectivity index (χ3v) is 3.05. The van der Waals surface area contributed by atoms with Crippen LogP contribution in [0, 0.1) is 17.8 Å². The number of hydrogen-bond acceptors (Lipinski definition) is 4. The molecule has 4 nitrogen and oxygen atoms in total.